The van der Waals surface area contributed by atoms with Gasteiger partial charge >= 0.3 is 0 Å². The number of likely N-dealkylation sites (tertiary alicyclic amines) is 1. The maximum atomic E-state index is 13.1. The molecule has 1 fully saturated rings. The van der Waals surface area contributed by atoms with Gasteiger partial charge in [-0.1, -0.05) is 41.4 Å². The van der Waals surface area contributed by atoms with Gasteiger partial charge in [-0.05, 0) is 55.0 Å². The number of amides is 1. The zero-order valence-corrected chi connectivity index (χ0v) is 19.2. The lowest BCUT2D eigenvalue weighted by molar-refractivity contribution is -0.140. The third-order valence-electron chi connectivity index (χ3n) is 5.29. The van der Waals surface area contributed by atoms with E-state index in [2.05, 4.69) is 4.98 Å². The lowest BCUT2D eigenvalue weighted by Gasteiger charge is -2.25. The van der Waals surface area contributed by atoms with Crippen molar-refractivity contribution in [2.45, 2.75) is 19.5 Å². The number of nitrogens with zero attached hydrogens (tertiary/aromatic N) is 2. The van der Waals surface area contributed by atoms with E-state index < -0.39 is 17.7 Å². The number of hydrogen-bond donors (Lipinski definition) is 1. The van der Waals surface area contributed by atoms with Crippen LogP contribution in [-0.2, 0) is 16.1 Å². The van der Waals surface area contributed by atoms with Crippen LogP contribution in [0.3, 0.4) is 0 Å². The van der Waals surface area contributed by atoms with Gasteiger partial charge in [0.25, 0.3) is 11.7 Å². The van der Waals surface area contributed by atoms with E-state index >= 15 is 0 Å². The molecular formula is C25H20Cl2N2O4. The van der Waals surface area contributed by atoms with Gasteiger partial charge in [-0.15, -0.1) is 0 Å². The first-order chi connectivity index (χ1) is 15.9. The minimum atomic E-state index is -0.824. The molecule has 6 nitrogen and oxygen atoms in total. The van der Waals surface area contributed by atoms with Gasteiger partial charge in [-0.25, -0.2) is 0 Å². The van der Waals surface area contributed by atoms with Crippen molar-refractivity contribution in [3.8, 4) is 5.75 Å². The van der Waals surface area contributed by atoms with Gasteiger partial charge < -0.3 is 14.7 Å². The van der Waals surface area contributed by atoms with Crippen molar-refractivity contribution in [1.29, 1.82) is 0 Å². The number of halogens is 2. The number of Topliss-reactive ketones (excluding diaryl/α,β-unsaturated/α-hetero) is 1. The summed E-state index contributed by atoms with van der Waals surface area (Å²) in [5, 5.41) is 12.1. The molecule has 1 aromatic heterocycles. The number of carbonyl (C=O) groups is 2. The molecule has 1 aliphatic rings. The normalized spacial score (nSPS) is 17.4. The first-order valence-corrected chi connectivity index (χ1v) is 11.0. The molecule has 0 aliphatic carbocycles. The molecule has 4 rings (SSSR count). The summed E-state index contributed by atoms with van der Waals surface area (Å²) in [7, 11) is 0. The van der Waals surface area contributed by atoms with Crippen molar-refractivity contribution in [2.24, 2.45) is 0 Å². The number of carbonyl (C=O) groups excluding carboxylic acids is 2. The maximum Gasteiger partial charge on any atom is 0.296 e. The van der Waals surface area contributed by atoms with Crippen LogP contribution >= 0.6 is 23.2 Å². The smallest absolute Gasteiger partial charge is 0.296 e. The van der Waals surface area contributed by atoms with Gasteiger partial charge in [-0.2, -0.15) is 0 Å². The molecule has 0 spiro atoms. The highest BCUT2D eigenvalue weighted by Crippen LogP contribution is 2.41. The lowest BCUT2D eigenvalue weighted by Crippen LogP contribution is -2.29. The van der Waals surface area contributed by atoms with Crippen molar-refractivity contribution < 1.29 is 19.4 Å². The van der Waals surface area contributed by atoms with Crippen LogP contribution in [0.25, 0.3) is 5.76 Å². The second-order valence-corrected chi connectivity index (χ2v) is 8.22. The molecule has 3 aromatic rings. The van der Waals surface area contributed by atoms with Gasteiger partial charge in [-0.3, -0.25) is 14.6 Å². The van der Waals surface area contributed by atoms with Crippen LogP contribution in [0, 0.1) is 0 Å². The summed E-state index contributed by atoms with van der Waals surface area (Å²) in [6.07, 6.45) is 1.62. The number of benzene rings is 2. The van der Waals surface area contributed by atoms with E-state index in [1.165, 1.54) is 4.90 Å². The Bertz CT molecular complexity index is 1230. The van der Waals surface area contributed by atoms with Crippen molar-refractivity contribution in [2.75, 3.05) is 6.61 Å². The molecule has 1 atom stereocenters. The molecule has 1 aliphatic heterocycles. The number of ketones is 1. The van der Waals surface area contributed by atoms with Gasteiger partial charge in [0.2, 0.25) is 0 Å². The zero-order chi connectivity index (χ0) is 23.5. The van der Waals surface area contributed by atoms with Gasteiger partial charge in [0, 0.05) is 16.8 Å². The van der Waals surface area contributed by atoms with E-state index in [1.54, 1.807) is 66.9 Å². The molecule has 1 unspecified atom stereocenters. The standard InChI is InChI=1S/C25H20Cl2N2O4/c1-2-33-20-13-16(8-11-19(20)27)23(30)21-22(15-6-9-17(26)10-7-15)29(25(32)24(21)31)14-18-5-3-4-12-28-18/h3-13,22,30H,2,14H2,1H3/b23-21-. The number of pyridine rings is 1. The minimum absolute atomic E-state index is 0.0250. The predicted molar refractivity (Wildman–Crippen MR) is 126 cm³/mol. The average Bonchev–Trinajstić information content (AvgIpc) is 3.06. The summed E-state index contributed by atoms with van der Waals surface area (Å²) in [4.78, 5) is 31.9. The summed E-state index contributed by atoms with van der Waals surface area (Å²) in [5.41, 5.74) is 1.54. The Kier molecular flexibility index (Phi) is 6.67. The van der Waals surface area contributed by atoms with E-state index in [9.17, 15) is 14.7 Å². The van der Waals surface area contributed by atoms with Crippen LogP contribution in [-0.4, -0.2) is 33.3 Å². The molecule has 8 heteroatoms. The number of rotatable bonds is 6. The van der Waals surface area contributed by atoms with Gasteiger partial charge in [0.05, 0.1) is 35.5 Å². The fourth-order valence-electron chi connectivity index (χ4n) is 3.77. The highest BCUT2D eigenvalue weighted by molar-refractivity contribution is 6.46. The Balaban J connectivity index is 1.86. The summed E-state index contributed by atoms with van der Waals surface area (Å²) < 4.78 is 5.51. The van der Waals surface area contributed by atoms with Crippen molar-refractivity contribution in [1.82, 2.24) is 9.88 Å². The third kappa shape index (κ3) is 4.58. The minimum Gasteiger partial charge on any atom is -0.507 e. The number of aliphatic hydroxyl groups excluding tert-OH is 1. The van der Waals surface area contributed by atoms with Gasteiger partial charge in [0.1, 0.15) is 11.5 Å². The number of aromatic nitrogens is 1. The van der Waals surface area contributed by atoms with Crippen molar-refractivity contribution in [3.63, 3.8) is 0 Å². The molecule has 1 amide bonds. The van der Waals surface area contributed by atoms with Crippen LogP contribution in [0.1, 0.15) is 29.8 Å². The molecule has 0 bridgehead atoms. The molecule has 0 radical (unpaired) electrons. The van der Waals surface area contributed by atoms with E-state index in [1.807, 2.05) is 6.92 Å². The number of hydrogen-bond acceptors (Lipinski definition) is 5. The number of aliphatic hydroxyl groups is 1. The molecule has 1 saturated heterocycles. The van der Waals surface area contributed by atoms with E-state index in [-0.39, 0.29) is 17.9 Å². The van der Waals surface area contributed by atoms with E-state index in [4.69, 9.17) is 27.9 Å². The Hall–Kier alpha value is -3.35. The second-order valence-electron chi connectivity index (χ2n) is 7.38. The van der Waals surface area contributed by atoms with Crippen LogP contribution < -0.4 is 4.74 Å². The number of ether oxygens (including phenoxy) is 1. The average molecular weight is 483 g/mol. The third-order valence-corrected chi connectivity index (χ3v) is 5.85. The van der Waals surface area contributed by atoms with Crippen LogP contribution in [0.15, 0.2) is 72.4 Å². The monoisotopic (exact) mass is 482 g/mol. The molecule has 0 saturated carbocycles. The Labute approximate surface area is 201 Å². The summed E-state index contributed by atoms with van der Waals surface area (Å²) in [5.74, 6) is -1.44. The predicted octanol–water partition coefficient (Wildman–Crippen LogP) is 5.41. The molecule has 2 heterocycles. The van der Waals surface area contributed by atoms with E-state index in [0.29, 0.717) is 39.2 Å². The van der Waals surface area contributed by atoms with Crippen molar-refractivity contribution in [3.05, 3.63) is 99.3 Å². The molecule has 2 aromatic carbocycles. The first-order valence-electron chi connectivity index (χ1n) is 10.3. The Morgan fingerprint density at radius 1 is 1.09 bits per heavy atom. The summed E-state index contributed by atoms with van der Waals surface area (Å²) in [6.45, 7) is 2.29. The molecule has 33 heavy (non-hydrogen) atoms. The fraction of sp³-hybridized carbons (Fsp3) is 0.160. The lowest BCUT2D eigenvalue weighted by atomic mass is 9.95. The van der Waals surface area contributed by atoms with Crippen LogP contribution in [0.2, 0.25) is 10.0 Å². The highest BCUT2D eigenvalue weighted by Gasteiger charge is 2.46. The fourth-order valence-corrected chi connectivity index (χ4v) is 4.07. The van der Waals surface area contributed by atoms with Crippen molar-refractivity contribution >= 4 is 40.7 Å². The van der Waals surface area contributed by atoms with Crippen LogP contribution in [0.4, 0.5) is 0 Å². The zero-order valence-electron chi connectivity index (χ0n) is 17.7. The molecular weight excluding hydrogens is 463 g/mol. The maximum absolute atomic E-state index is 13.1. The first kappa shape index (κ1) is 22.8. The molecule has 1 N–H and O–H groups in total. The Morgan fingerprint density at radius 3 is 2.52 bits per heavy atom. The summed E-state index contributed by atoms with van der Waals surface area (Å²) >= 11 is 12.2. The topological polar surface area (TPSA) is 79.7 Å². The summed E-state index contributed by atoms with van der Waals surface area (Å²) in [6, 6.07) is 16.0. The largest absolute Gasteiger partial charge is 0.507 e. The quantitative estimate of drug-likeness (QED) is 0.288. The SMILES string of the molecule is CCOc1cc(/C(O)=C2/C(=O)C(=O)N(Cc3ccccn3)C2c2ccc(Cl)cc2)ccc1Cl. The van der Waals surface area contributed by atoms with Gasteiger partial charge in [0.15, 0.2) is 0 Å². The Morgan fingerprint density at radius 2 is 1.85 bits per heavy atom. The van der Waals surface area contributed by atoms with E-state index in [0.717, 1.165) is 0 Å². The van der Waals surface area contributed by atoms with Crippen LogP contribution in [0.5, 0.6) is 5.75 Å². The highest BCUT2D eigenvalue weighted by atomic mass is 35.5. The molecule has 168 valence electrons. The second kappa shape index (κ2) is 9.65.